The number of amides is 4. The van der Waals surface area contributed by atoms with Crippen LogP contribution >= 0.6 is 0 Å². The molecule has 0 spiro atoms. The van der Waals surface area contributed by atoms with Crippen molar-refractivity contribution in [3.05, 3.63) is 0 Å². The lowest BCUT2D eigenvalue weighted by molar-refractivity contribution is -0.527. The summed E-state index contributed by atoms with van der Waals surface area (Å²) in [4.78, 5) is 43.9. The monoisotopic (exact) mass is 348 g/mol. The second kappa shape index (κ2) is 5.94. The first kappa shape index (κ1) is 17.1. The summed E-state index contributed by atoms with van der Waals surface area (Å²) in [5.74, 6) is 0.00580. The van der Waals surface area contributed by atoms with Gasteiger partial charge in [-0.25, -0.2) is 9.37 Å². The Morgan fingerprint density at radius 1 is 1.40 bits per heavy atom. The minimum Gasteiger partial charge on any atom is -0.367 e. The van der Waals surface area contributed by atoms with Crippen LogP contribution in [0.3, 0.4) is 0 Å². The van der Waals surface area contributed by atoms with Gasteiger partial charge in [0.2, 0.25) is 11.9 Å². The summed E-state index contributed by atoms with van der Waals surface area (Å²) in [6.07, 6.45) is 0. The summed E-state index contributed by atoms with van der Waals surface area (Å²) < 4.78 is 1.76. The number of hydrogen-bond donors (Lipinski definition) is 1. The second-order valence-electron chi connectivity index (χ2n) is 6.84. The average molecular weight is 348 g/mol. The number of hydrazone groups is 1. The third kappa shape index (κ3) is 2.77. The van der Waals surface area contributed by atoms with E-state index in [9.17, 15) is 14.4 Å². The number of nitrogens with two attached hydrogens (primary N) is 1. The molecular formula is C15H22N7O3+. The number of amidine groups is 1. The molecular weight excluding hydrogens is 326 g/mol. The van der Waals surface area contributed by atoms with E-state index >= 15 is 0 Å². The molecule has 1 atom stereocenters. The minimum absolute atomic E-state index is 0.145. The Hall–Kier alpha value is -2.78. The van der Waals surface area contributed by atoms with Crippen molar-refractivity contribution in [3.8, 4) is 0 Å². The highest BCUT2D eigenvalue weighted by molar-refractivity contribution is 6.23. The molecule has 3 aliphatic rings. The predicted octanol–water partition coefficient (Wildman–Crippen LogP) is -1.14. The van der Waals surface area contributed by atoms with Gasteiger partial charge in [-0.1, -0.05) is 18.8 Å². The molecule has 1 fully saturated rings. The lowest BCUT2D eigenvalue weighted by Crippen LogP contribution is -2.63. The Balaban J connectivity index is 2.01. The number of carbonyl (C=O) groups is 3. The second-order valence-corrected chi connectivity index (χ2v) is 6.84. The van der Waals surface area contributed by atoms with Crippen molar-refractivity contribution < 1.29 is 19.0 Å². The van der Waals surface area contributed by atoms with Crippen LogP contribution in [0.25, 0.3) is 0 Å². The van der Waals surface area contributed by atoms with Gasteiger partial charge in [-0.15, -0.1) is 10.1 Å². The van der Waals surface area contributed by atoms with E-state index in [0.29, 0.717) is 24.9 Å². The molecule has 1 saturated heterocycles. The Morgan fingerprint density at radius 2 is 2.08 bits per heavy atom. The van der Waals surface area contributed by atoms with E-state index < -0.39 is 18.0 Å². The van der Waals surface area contributed by atoms with Crippen molar-refractivity contribution in [2.75, 3.05) is 26.7 Å². The van der Waals surface area contributed by atoms with Gasteiger partial charge in [-0.2, -0.15) is 0 Å². The van der Waals surface area contributed by atoms with Gasteiger partial charge in [0.25, 0.3) is 11.8 Å². The summed E-state index contributed by atoms with van der Waals surface area (Å²) in [6, 6.07) is -1.09. The van der Waals surface area contributed by atoms with E-state index in [1.807, 2.05) is 13.8 Å². The van der Waals surface area contributed by atoms with Crippen LogP contribution in [0.1, 0.15) is 20.8 Å². The molecule has 0 aromatic carbocycles. The van der Waals surface area contributed by atoms with E-state index in [1.165, 1.54) is 14.8 Å². The fraction of sp³-hybridized carbons (Fsp3) is 0.600. The zero-order valence-electron chi connectivity index (χ0n) is 14.8. The van der Waals surface area contributed by atoms with Crippen molar-refractivity contribution in [3.63, 3.8) is 0 Å². The first-order valence-electron chi connectivity index (χ1n) is 8.12. The maximum atomic E-state index is 13.0. The molecule has 10 heteroatoms. The van der Waals surface area contributed by atoms with Gasteiger partial charge >= 0.3 is 12.0 Å². The molecule has 0 aromatic heterocycles. The van der Waals surface area contributed by atoms with Gasteiger partial charge in [0.15, 0.2) is 6.54 Å². The number of fused-ring (bicyclic) bond motifs is 2. The highest BCUT2D eigenvalue weighted by Crippen LogP contribution is 2.23. The van der Waals surface area contributed by atoms with Crippen LogP contribution in [0.15, 0.2) is 10.1 Å². The minimum atomic E-state index is -0.697. The van der Waals surface area contributed by atoms with Crippen LogP contribution in [0, 0.1) is 5.92 Å². The van der Waals surface area contributed by atoms with Crippen molar-refractivity contribution in [2.45, 2.75) is 26.8 Å². The maximum Gasteiger partial charge on any atom is 0.417 e. The fourth-order valence-corrected chi connectivity index (χ4v) is 3.19. The number of likely N-dealkylation sites (N-methyl/N-ethyl adjacent to an activating group) is 1. The number of aliphatic imine (C=N–C) groups is 1. The Bertz CT molecular complexity index is 752. The number of primary amides is 1. The lowest BCUT2D eigenvalue weighted by atomic mass is 10.1. The van der Waals surface area contributed by atoms with E-state index in [4.69, 9.17) is 5.73 Å². The van der Waals surface area contributed by atoms with Crippen LogP contribution in [0.5, 0.6) is 0 Å². The van der Waals surface area contributed by atoms with Crippen LogP contribution in [-0.2, 0) is 9.59 Å². The zero-order chi connectivity index (χ0) is 18.5. The average Bonchev–Trinajstić information content (AvgIpc) is 2.88. The van der Waals surface area contributed by atoms with Gasteiger partial charge in [0, 0.05) is 13.6 Å². The Labute approximate surface area is 145 Å². The van der Waals surface area contributed by atoms with E-state index in [0.717, 1.165) is 5.71 Å². The molecule has 1 unspecified atom stereocenters. The number of carbonyl (C=O) groups excluding carboxylic acids is 3. The SMILES string of the molecule is CC1=NN(CC(N)=O)C2=[N+](C1)C1C(=O)N(CC(C)C)C(=O)N(C)C1=N2. The van der Waals surface area contributed by atoms with Crippen molar-refractivity contribution in [2.24, 2.45) is 21.7 Å². The van der Waals surface area contributed by atoms with Crippen LogP contribution < -0.4 is 5.73 Å². The molecule has 3 heterocycles. The molecule has 0 saturated carbocycles. The van der Waals surface area contributed by atoms with Crippen LogP contribution in [0.2, 0.25) is 0 Å². The highest BCUT2D eigenvalue weighted by Gasteiger charge is 2.54. The van der Waals surface area contributed by atoms with Gasteiger partial charge in [-0.3, -0.25) is 19.4 Å². The normalized spacial score (nSPS) is 23.1. The topological polar surface area (TPSA) is 115 Å². The maximum absolute atomic E-state index is 13.0. The van der Waals surface area contributed by atoms with Gasteiger partial charge in [0.05, 0.1) is 5.71 Å². The third-order valence-corrected chi connectivity index (χ3v) is 4.16. The number of urea groups is 1. The smallest absolute Gasteiger partial charge is 0.367 e. The molecule has 2 N–H and O–H groups in total. The third-order valence-electron chi connectivity index (χ3n) is 4.16. The number of nitrogens with zero attached hydrogens (tertiary/aromatic N) is 6. The molecule has 0 radical (unpaired) electrons. The van der Waals surface area contributed by atoms with E-state index in [1.54, 1.807) is 18.5 Å². The highest BCUT2D eigenvalue weighted by atomic mass is 16.2. The molecule has 3 aliphatic heterocycles. The first-order chi connectivity index (χ1) is 11.7. The van der Waals surface area contributed by atoms with E-state index in [2.05, 4.69) is 10.1 Å². The van der Waals surface area contributed by atoms with Gasteiger partial charge < -0.3 is 5.73 Å². The largest absolute Gasteiger partial charge is 0.417 e. The van der Waals surface area contributed by atoms with Crippen molar-refractivity contribution >= 4 is 35.4 Å². The van der Waals surface area contributed by atoms with Gasteiger partial charge in [0.1, 0.15) is 6.54 Å². The summed E-state index contributed by atoms with van der Waals surface area (Å²) >= 11 is 0. The summed E-state index contributed by atoms with van der Waals surface area (Å²) in [7, 11) is 1.60. The lowest BCUT2D eigenvalue weighted by Gasteiger charge is -2.35. The first-order valence-corrected chi connectivity index (χ1v) is 8.12. The quantitative estimate of drug-likeness (QED) is 0.647. The number of rotatable bonds is 4. The van der Waals surface area contributed by atoms with Crippen LogP contribution in [0.4, 0.5) is 4.79 Å². The molecule has 0 bridgehead atoms. The predicted molar refractivity (Wildman–Crippen MR) is 90.1 cm³/mol. The van der Waals surface area contributed by atoms with E-state index in [-0.39, 0.29) is 18.4 Å². The molecule has 134 valence electrons. The molecule has 4 amide bonds. The zero-order valence-corrected chi connectivity index (χ0v) is 14.8. The number of guanidine groups is 1. The molecule has 10 nitrogen and oxygen atoms in total. The Morgan fingerprint density at radius 3 is 2.68 bits per heavy atom. The molecule has 25 heavy (non-hydrogen) atoms. The van der Waals surface area contributed by atoms with Crippen molar-refractivity contribution in [1.82, 2.24) is 14.8 Å². The van der Waals surface area contributed by atoms with Crippen molar-refractivity contribution in [1.29, 1.82) is 0 Å². The van der Waals surface area contributed by atoms with Gasteiger partial charge in [-0.05, 0) is 12.8 Å². The summed E-state index contributed by atoms with van der Waals surface area (Å²) in [5, 5.41) is 5.67. The Kier molecular flexibility index (Phi) is 4.05. The van der Waals surface area contributed by atoms with Crippen LogP contribution in [-0.4, -0.2) is 87.5 Å². The summed E-state index contributed by atoms with van der Waals surface area (Å²) in [5.41, 5.74) is 6.01. The summed E-state index contributed by atoms with van der Waals surface area (Å²) in [6.45, 7) is 6.29. The number of imide groups is 1. The number of hydrogen-bond acceptors (Lipinski definition) is 6. The molecule has 0 aliphatic carbocycles. The fourth-order valence-electron chi connectivity index (χ4n) is 3.19. The molecule has 3 rings (SSSR count). The molecule has 0 aromatic rings. The standard InChI is InChI=1S/C15H21N7O3/c1-8(2)5-21-13(24)11-12(19(4)15(21)25)17-14-20(11)6-9(3)18-22(14)7-10(16)23/h8,11H,5-7H2,1-4H3,(H-,16,23)/p+1.